The average Bonchev–Trinajstić information content (AvgIpc) is 3.60. The Morgan fingerprint density at radius 1 is 1.05 bits per heavy atom. The fourth-order valence-electron chi connectivity index (χ4n) is 4.52. The summed E-state index contributed by atoms with van der Waals surface area (Å²) in [6, 6.07) is 20.1. The maximum absolute atomic E-state index is 13.2. The van der Waals surface area contributed by atoms with Gasteiger partial charge in [0.1, 0.15) is 12.3 Å². The molecule has 9 nitrogen and oxygen atoms in total. The zero-order valence-corrected chi connectivity index (χ0v) is 21.9. The quantitative estimate of drug-likeness (QED) is 0.272. The molecule has 0 radical (unpaired) electrons. The number of esters is 1. The highest BCUT2D eigenvalue weighted by Gasteiger charge is 2.30. The van der Waals surface area contributed by atoms with Crippen molar-refractivity contribution in [2.75, 3.05) is 6.61 Å². The number of carbonyl (C=O) groups excluding carboxylic acids is 1. The highest BCUT2D eigenvalue weighted by Crippen LogP contribution is 2.33. The summed E-state index contributed by atoms with van der Waals surface area (Å²) in [4.78, 5) is 17.8. The molecule has 0 saturated heterocycles. The van der Waals surface area contributed by atoms with Crippen molar-refractivity contribution in [3.63, 3.8) is 0 Å². The molecular formula is C29H30N6O3. The predicted octanol–water partition coefficient (Wildman–Crippen LogP) is 5.20. The van der Waals surface area contributed by atoms with Gasteiger partial charge >= 0.3 is 5.97 Å². The topological polar surface area (TPSA) is 107 Å². The predicted molar refractivity (Wildman–Crippen MR) is 143 cm³/mol. The third kappa shape index (κ3) is 5.13. The first-order chi connectivity index (χ1) is 18.4. The van der Waals surface area contributed by atoms with Gasteiger partial charge in [-0.25, -0.2) is 0 Å². The van der Waals surface area contributed by atoms with E-state index in [1.807, 2.05) is 99.0 Å². The van der Waals surface area contributed by atoms with E-state index in [-0.39, 0.29) is 12.6 Å². The summed E-state index contributed by atoms with van der Waals surface area (Å²) in [5.41, 5.74) is 5.72. The maximum atomic E-state index is 13.2. The van der Waals surface area contributed by atoms with Crippen molar-refractivity contribution < 1.29 is 14.3 Å². The van der Waals surface area contributed by atoms with Gasteiger partial charge < -0.3 is 9.47 Å². The van der Waals surface area contributed by atoms with Crippen LogP contribution in [0.1, 0.15) is 37.6 Å². The molecule has 0 unspecified atom stereocenters. The fraction of sp³-hybridized carbons (Fsp3) is 0.276. The molecule has 0 atom stereocenters. The van der Waals surface area contributed by atoms with E-state index in [1.165, 1.54) is 0 Å². The smallest absolute Gasteiger partial charge is 0.312 e. The number of ether oxygens (including phenoxy) is 2. The molecule has 0 bridgehead atoms. The van der Waals surface area contributed by atoms with E-state index in [4.69, 9.17) is 9.47 Å². The summed E-state index contributed by atoms with van der Waals surface area (Å²) in [5.74, 6) is 0.761. The van der Waals surface area contributed by atoms with Crippen LogP contribution in [0.4, 0.5) is 0 Å². The molecule has 194 valence electrons. The summed E-state index contributed by atoms with van der Waals surface area (Å²) in [7, 11) is 0. The van der Waals surface area contributed by atoms with Gasteiger partial charge in [-0.05, 0) is 73.7 Å². The number of aryl methyl sites for hydroxylation is 1. The summed E-state index contributed by atoms with van der Waals surface area (Å²) in [6.45, 7) is 8.35. The van der Waals surface area contributed by atoms with Crippen LogP contribution in [0.5, 0.6) is 5.88 Å². The van der Waals surface area contributed by atoms with E-state index in [0.29, 0.717) is 24.7 Å². The van der Waals surface area contributed by atoms with Crippen LogP contribution in [0.15, 0.2) is 66.9 Å². The van der Waals surface area contributed by atoms with Crippen LogP contribution in [0.25, 0.3) is 28.2 Å². The molecule has 3 aromatic heterocycles. The number of fused-ring (bicyclic) bond motifs is 1. The molecule has 5 aromatic rings. The lowest BCUT2D eigenvalue weighted by molar-refractivity contribution is -0.155. The van der Waals surface area contributed by atoms with Gasteiger partial charge in [-0.3, -0.25) is 9.20 Å². The Balaban J connectivity index is 1.35. The Bertz CT molecular complexity index is 1560. The van der Waals surface area contributed by atoms with Crippen LogP contribution >= 0.6 is 0 Å². The number of nitrogens with one attached hydrogen (secondary N) is 1. The number of tetrazole rings is 1. The number of aromatic nitrogens is 6. The van der Waals surface area contributed by atoms with E-state index in [9.17, 15) is 4.79 Å². The van der Waals surface area contributed by atoms with Crippen molar-refractivity contribution in [1.82, 2.24) is 30.0 Å². The fourth-order valence-corrected chi connectivity index (χ4v) is 4.52. The number of carbonyl (C=O) groups is 1. The number of aromatic amines is 1. The van der Waals surface area contributed by atoms with Crippen LogP contribution in [0, 0.1) is 12.3 Å². The molecule has 0 aliphatic heterocycles. The SMILES string of the molecule is CCOc1cn2c(COC(=O)C(C)(C)Cc3ccc(-c4ccccc4)c(-c4nn[nH]n4)c3)ccc(C)c2n1. The molecule has 2 aromatic carbocycles. The lowest BCUT2D eigenvalue weighted by Gasteiger charge is -2.23. The van der Waals surface area contributed by atoms with Crippen LogP contribution in [-0.2, 0) is 22.6 Å². The molecule has 3 heterocycles. The summed E-state index contributed by atoms with van der Waals surface area (Å²) < 4.78 is 13.3. The van der Waals surface area contributed by atoms with Gasteiger partial charge in [-0.2, -0.15) is 10.2 Å². The lowest BCUT2D eigenvalue weighted by atomic mass is 9.84. The maximum Gasteiger partial charge on any atom is 0.312 e. The van der Waals surface area contributed by atoms with Crippen molar-refractivity contribution in [3.05, 3.63) is 83.7 Å². The van der Waals surface area contributed by atoms with E-state index >= 15 is 0 Å². The van der Waals surface area contributed by atoms with E-state index in [1.54, 1.807) is 0 Å². The Morgan fingerprint density at radius 2 is 1.87 bits per heavy atom. The first-order valence-electron chi connectivity index (χ1n) is 12.6. The third-order valence-electron chi connectivity index (χ3n) is 6.47. The van der Waals surface area contributed by atoms with Gasteiger partial charge in [0.15, 0.2) is 0 Å². The number of benzene rings is 2. The second kappa shape index (κ2) is 10.5. The Morgan fingerprint density at radius 3 is 2.61 bits per heavy atom. The van der Waals surface area contributed by atoms with Gasteiger partial charge in [0.2, 0.25) is 11.7 Å². The molecule has 0 spiro atoms. The van der Waals surface area contributed by atoms with Crippen LogP contribution < -0.4 is 4.74 Å². The van der Waals surface area contributed by atoms with Crippen molar-refractivity contribution in [2.24, 2.45) is 5.41 Å². The van der Waals surface area contributed by atoms with Crippen molar-refractivity contribution >= 4 is 11.6 Å². The zero-order chi connectivity index (χ0) is 26.7. The minimum atomic E-state index is -0.766. The number of pyridine rings is 1. The molecule has 0 amide bonds. The number of nitrogens with zero attached hydrogens (tertiary/aromatic N) is 5. The normalized spacial score (nSPS) is 11.6. The standard InChI is InChI=1S/C29H30N6O3/c1-5-37-25-17-35-22(13-11-19(2)27(35)30-25)18-38-28(36)29(3,4)16-20-12-14-23(21-9-7-6-8-10-21)24(15-20)26-31-33-34-32-26/h6-15,17H,5,16,18H2,1-4H3,(H,31,32,33,34). The van der Waals surface area contributed by atoms with Crippen molar-refractivity contribution in [2.45, 2.75) is 40.7 Å². The van der Waals surface area contributed by atoms with Gasteiger partial charge in [0, 0.05) is 5.56 Å². The minimum Gasteiger partial charge on any atom is -0.477 e. The molecule has 38 heavy (non-hydrogen) atoms. The van der Waals surface area contributed by atoms with Crippen LogP contribution in [-0.4, -0.2) is 42.6 Å². The van der Waals surface area contributed by atoms with E-state index in [2.05, 4.69) is 25.6 Å². The third-order valence-corrected chi connectivity index (χ3v) is 6.47. The largest absolute Gasteiger partial charge is 0.477 e. The number of H-pyrrole nitrogens is 1. The van der Waals surface area contributed by atoms with Gasteiger partial charge in [0.05, 0.1) is 23.9 Å². The Kier molecular flexibility index (Phi) is 6.91. The van der Waals surface area contributed by atoms with Gasteiger partial charge in [0.25, 0.3) is 0 Å². The molecule has 0 aliphatic rings. The van der Waals surface area contributed by atoms with Gasteiger partial charge in [-0.1, -0.05) is 48.5 Å². The molecule has 9 heteroatoms. The molecule has 1 N–H and O–H groups in total. The Labute approximate surface area is 220 Å². The molecule has 0 aliphatic carbocycles. The highest BCUT2D eigenvalue weighted by molar-refractivity contribution is 5.81. The van der Waals surface area contributed by atoms with Crippen LogP contribution in [0.3, 0.4) is 0 Å². The van der Waals surface area contributed by atoms with E-state index in [0.717, 1.165) is 39.2 Å². The first-order valence-corrected chi connectivity index (χ1v) is 12.6. The average molecular weight is 511 g/mol. The monoisotopic (exact) mass is 510 g/mol. The number of imidazole rings is 1. The number of hydrogen-bond donors (Lipinski definition) is 1. The zero-order valence-electron chi connectivity index (χ0n) is 21.9. The number of hydrogen-bond acceptors (Lipinski definition) is 7. The lowest BCUT2D eigenvalue weighted by Crippen LogP contribution is -2.29. The van der Waals surface area contributed by atoms with Crippen LogP contribution in [0.2, 0.25) is 0 Å². The Hall–Kier alpha value is -4.53. The first kappa shape index (κ1) is 25.1. The molecule has 0 fully saturated rings. The summed E-state index contributed by atoms with van der Waals surface area (Å²) in [5, 5.41) is 14.7. The number of rotatable bonds is 9. The van der Waals surface area contributed by atoms with E-state index < -0.39 is 5.41 Å². The molecule has 5 rings (SSSR count). The highest BCUT2D eigenvalue weighted by atomic mass is 16.5. The minimum absolute atomic E-state index is 0.127. The second-order valence-electron chi connectivity index (χ2n) is 9.83. The molecular weight excluding hydrogens is 480 g/mol. The van der Waals surface area contributed by atoms with Gasteiger partial charge in [-0.15, -0.1) is 10.2 Å². The molecule has 0 saturated carbocycles. The van der Waals surface area contributed by atoms with Crippen molar-refractivity contribution in [1.29, 1.82) is 0 Å². The second-order valence-corrected chi connectivity index (χ2v) is 9.83. The van der Waals surface area contributed by atoms with Crippen molar-refractivity contribution in [3.8, 4) is 28.4 Å². The summed E-state index contributed by atoms with van der Waals surface area (Å²) in [6.07, 6.45) is 2.31. The summed E-state index contributed by atoms with van der Waals surface area (Å²) >= 11 is 0.